The molecule has 2 fully saturated rings. The number of nitrogens with one attached hydrogen (secondary N) is 1. The number of likely N-dealkylation sites (tertiary alicyclic amines) is 1. The van der Waals surface area contributed by atoms with Crippen LogP contribution >= 0.6 is 0 Å². The molecule has 2 rings (SSSR count). The van der Waals surface area contributed by atoms with E-state index >= 15 is 0 Å². The Labute approximate surface area is 127 Å². The van der Waals surface area contributed by atoms with Crippen LogP contribution in [0.4, 0.5) is 0 Å². The van der Waals surface area contributed by atoms with Gasteiger partial charge in [-0.25, -0.2) is 13.1 Å². The fourth-order valence-corrected chi connectivity index (χ4v) is 4.65. The van der Waals surface area contributed by atoms with E-state index in [9.17, 15) is 13.2 Å². The predicted octanol–water partition coefficient (Wildman–Crippen LogP) is 0.434. The van der Waals surface area contributed by atoms with Gasteiger partial charge in [0.05, 0.1) is 0 Å². The number of hydrogen-bond donors (Lipinski definition) is 2. The van der Waals surface area contributed by atoms with E-state index in [1.54, 1.807) is 4.90 Å². The summed E-state index contributed by atoms with van der Waals surface area (Å²) in [5.74, 6) is -0.0999. The van der Waals surface area contributed by atoms with Gasteiger partial charge in [-0.3, -0.25) is 4.79 Å². The van der Waals surface area contributed by atoms with Crippen LogP contribution in [0.1, 0.15) is 45.4 Å². The SMILES string of the molecule is CC1CCC(NS(=O)(=O)CC(=O)N2CCCC2CN)CC1. The number of sulfonamides is 1. The van der Waals surface area contributed by atoms with E-state index in [1.165, 1.54) is 0 Å². The van der Waals surface area contributed by atoms with Crippen molar-refractivity contribution < 1.29 is 13.2 Å². The van der Waals surface area contributed by atoms with E-state index in [0.29, 0.717) is 19.0 Å². The predicted molar refractivity (Wildman–Crippen MR) is 82.1 cm³/mol. The van der Waals surface area contributed by atoms with Gasteiger partial charge in [-0.2, -0.15) is 0 Å². The summed E-state index contributed by atoms with van der Waals surface area (Å²) in [4.78, 5) is 13.8. The number of amides is 1. The molecule has 0 bridgehead atoms. The summed E-state index contributed by atoms with van der Waals surface area (Å²) in [5.41, 5.74) is 5.63. The van der Waals surface area contributed by atoms with Gasteiger partial charge in [0.1, 0.15) is 5.75 Å². The summed E-state index contributed by atoms with van der Waals surface area (Å²) in [6, 6.07) is -0.00823. The van der Waals surface area contributed by atoms with Gasteiger partial charge in [0.25, 0.3) is 0 Å². The lowest BCUT2D eigenvalue weighted by Crippen LogP contribution is -2.46. The van der Waals surface area contributed by atoms with Crippen LogP contribution in [0.25, 0.3) is 0 Å². The van der Waals surface area contributed by atoms with Crippen LogP contribution in [0.5, 0.6) is 0 Å². The molecule has 122 valence electrons. The highest BCUT2D eigenvalue weighted by atomic mass is 32.2. The molecule has 1 saturated heterocycles. The molecule has 0 radical (unpaired) electrons. The van der Waals surface area contributed by atoms with Gasteiger partial charge in [-0.1, -0.05) is 6.92 Å². The Morgan fingerprint density at radius 1 is 1.24 bits per heavy atom. The average molecular weight is 317 g/mol. The number of carbonyl (C=O) groups is 1. The van der Waals surface area contributed by atoms with Crippen molar-refractivity contribution in [1.82, 2.24) is 9.62 Å². The third-order valence-corrected chi connectivity index (χ3v) is 5.96. The van der Waals surface area contributed by atoms with E-state index in [1.807, 2.05) is 0 Å². The molecule has 1 aliphatic carbocycles. The Morgan fingerprint density at radius 3 is 2.52 bits per heavy atom. The topological polar surface area (TPSA) is 92.5 Å². The molecule has 1 amide bonds. The van der Waals surface area contributed by atoms with Gasteiger partial charge in [-0.15, -0.1) is 0 Å². The maximum Gasteiger partial charge on any atom is 0.239 e. The quantitative estimate of drug-likeness (QED) is 0.769. The van der Waals surface area contributed by atoms with Gasteiger partial charge < -0.3 is 10.6 Å². The molecule has 1 heterocycles. The van der Waals surface area contributed by atoms with Gasteiger partial charge in [-0.05, 0) is 44.4 Å². The lowest BCUT2D eigenvalue weighted by Gasteiger charge is -2.27. The first-order chi connectivity index (χ1) is 9.91. The summed E-state index contributed by atoms with van der Waals surface area (Å²) < 4.78 is 27.0. The fourth-order valence-electron chi connectivity index (χ4n) is 3.33. The molecule has 1 atom stereocenters. The van der Waals surface area contributed by atoms with E-state index in [4.69, 9.17) is 5.73 Å². The summed E-state index contributed by atoms with van der Waals surface area (Å²) >= 11 is 0. The van der Waals surface area contributed by atoms with Crippen LogP contribution in [0.2, 0.25) is 0 Å². The van der Waals surface area contributed by atoms with Gasteiger partial charge >= 0.3 is 0 Å². The fraction of sp³-hybridized carbons (Fsp3) is 0.929. The van der Waals surface area contributed by atoms with Crippen molar-refractivity contribution in [3.63, 3.8) is 0 Å². The van der Waals surface area contributed by atoms with Crippen LogP contribution in [-0.4, -0.2) is 50.2 Å². The van der Waals surface area contributed by atoms with E-state index < -0.39 is 15.8 Å². The molecule has 7 heteroatoms. The van der Waals surface area contributed by atoms with Gasteiger partial charge in [0.15, 0.2) is 0 Å². The van der Waals surface area contributed by atoms with Gasteiger partial charge in [0, 0.05) is 25.2 Å². The highest BCUT2D eigenvalue weighted by Gasteiger charge is 2.31. The van der Waals surface area contributed by atoms with Crippen LogP contribution in [-0.2, 0) is 14.8 Å². The minimum atomic E-state index is -3.55. The minimum absolute atomic E-state index is 0.00299. The zero-order chi connectivity index (χ0) is 15.5. The number of nitrogens with two attached hydrogens (primary N) is 1. The lowest BCUT2D eigenvalue weighted by atomic mass is 9.88. The Morgan fingerprint density at radius 2 is 1.90 bits per heavy atom. The molecule has 2 aliphatic rings. The second-order valence-corrected chi connectivity index (χ2v) is 8.21. The molecule has 21 heavy (non-hydrogen) atoms. The van der Waals surface area contributed by atoms with E-state index in [2.05, 4.69) is 11.6 Å². The number of rotatable bonds is 5. The molecular weight excluding hydrogens is 290 g/mol. The summed E-state index contributed by atoms with van der Waals surface area (Å²) in [6.07, 6.45) is 5.59. The van der Waals surface area contributed by atoms with Crippen LogP contribution in [0.3, 0.4) is 0 Å². The van der Waals surface area contributed by atoms with Gasteiger partial charge in [0.2, 0.25) is 15.9 Å². The molecule has 3 N–H and O–H groups in total. The first-order valence-electron chi connectivity index (χ1n) is 7.91. The van der Waals surface area contributed by atoms with Crippen molar-refractivity contribution in [3.8, 4) is 0 Å². The lowest BCUT2D eigenvalue weighted by molar-refractivity contribution is -0.129. The number of carbonyl (C=O) groups excluding carboxylic acids is 1. The monoisotopic (exact) mass is 317 g/mol. The van der Waals surface area contributed by atoms with E-state index in [0.717, 1.165) is 38.5 Å². The molecule has 0 aromatic carbocycles. The average Bonchev–Trinajstić information content (AvgIpc) is 2.89. The highest BCUT2D eigenvalue weighted by Crippen LogP contribution is 2.24. The molecule has 1 aliphatic heterocycles. The Bertz CT molecular complexity index is 458. The highest BCUT2D eigenvalue weighted by molar-refractivity contribution is 7.90. The van der Waals surface area contributed by atoms with Crippen LogP contribution in [0, 0.1) is 5.92 Å². The molecule has 1 unspecified atom stereocenters. The van der Waals surface area contributed by atoms with Crippen molar-refractivity contribution in [2.75, 3.05) is 18.8 Å². The third kappa shape index (κ3) is 4.66. The van der Waals surface area contributed by atoms with E-state index in [-0.39, 0.29) is 18.0 Å². The van der Waals surface area contributed by atoms with Crippen LogP contribution < -0.4 is 10.5 Å². The zero-order valence-corrected chi connectivity index (χ0v) is 13.6. The van der Waals surface area contributed by atoms with Crippen LogP contribution in [0.15, 0.2) is 0 Å². The largest absolute Gasteiger partial charge is 0.338 e. The molecule has 0 spiro atoms. The second-order valence-electron chi connectivity index (χ2n) is 6.45. The normalized spacial score (nSPS) is 30.6. The Kier molecular flexibility index (Phi) is 5.62. The Hall–Kier alpha value is -0.660. The molecular formula is C14H27N3O3S. The second kappa shape index (κ2) is 7.07. The molecule has 0 aromatic heterocycles. The summed E-state index contributed by atoms with van der Waals surface area (Å²) in [6.45, 7) is 3.21. The maximum atomic E-state index is 12.2. The first kappa shape index (κ1) is 16.7. The van der Waals surface area contributed by atoms with Crippen molar-refractivity contribution in [2.45, 2.75) is 57.5 Å². The minimum Gasteiger partial charge on any atom is -0.338 e. The number of nitrogens with zero attached hydrogens (tertiary/aromatic N) is 1. The first-order valence-corrected chi connectivity index (χ1v) is 9.56. The molecule has 6 nitrogen and oxygen atoms in total. The molecule has 0 aromatic rings. The number of hydrogen-bond acceptors (Lipinski definition) is 4. The summed E-state index contributed by atoms with van der Waals surface area (Å²) in [7, 11) is -3.55. The zero-order valence-electron chi connectivity index (χ0n) is 12.8. The van der Waals surface area contributed by atoms with Crippen molar-refractivity contribution in [1.29, 1.82) is 0 Å². The van der Waals surface area contributed by atoms with Crippen molar-refractivity contribution in [3.05, 3.63) is 0 Å². The third-order valence-electron chi connectivity index (χ3n) is 4.65. The van der Waals surface area contributed by atoms with Crippen molar-refractivity contribution >= 4 is 15.9 Å². The standard InChI is InChI=1S/C14H27N3O3S/c1-11-4-6-12(7-5-11)16-21(19,20)10-14(18)17-8-2-3-13(17)9-15/h11-13,16H,2-10,15H2,1H3. The summed E-state index contributed by atoms with van der Waals surface area (Å²) in [5, 5.41) is 0. The molecule has 1 saturated carbocycles. The smallest absolute Gasteiger partial charge is 0.239 e. The Balaban J connectivity index is 1.87. The maximum absolute atomic E-state index is 12.2. The van der Waals surface area contributed by atoms with Crippen molar-refractivity contribution in [2.24, 2.45) is 11.7 Å².